The molecule has 0 atom stereocenters. The predicted molar refractivity (Wildman–Crippen MR) is 79.0 cm³/mol. The quantitative estimate of drug-likeness (QED) is 0.905. The molecule has 0 bridgehead atoms. The molecule has 0 aliphatic rings. The van der Waals surface area contributed by atoms with E-state index in [1.807, 2.05) is 0 Å². The van der Waals surface area contributed by atoms with Crippen LogP contribution in [0.25, 0.3) is 0 Å². The third-order valence-corrected chi connectivity index (χ3v) is 4.66. The van der Waals surface area contributed by atoms with Crippen molar-refractivity contribution in [3.05, 3.63) is 35.7 Å². The fraction of sp³-hybridized carbons (Fsp3) is 0.308. The maximum Gasteiger partial charge on any atom is 0.294 e. The number of aryl methyl sites for hydroxylation is 2. The minimum absolute atomic E-state index is 0.0437. The Kier molecular flexibility index (Phi) is 4.29. The van der Waals surface area contributed by atoms with Crippen LogP contribution in [0.4, 0.5) is 5.82 Å². The van der Waals surface area contributed by atoms with Crippen LogP contribution in [0, 0.1) is 13.8 Å². The van der Waals surface area contributed by atoms with Crippen LogP contribution in [0.5, 0.6) is 0 Å². The minimum Gasteiger partial charge on any atom is -0.436 e. The van der Waals surface area contributed by atoms with Gasteiger partial charge in [-0.25, -0.2) is 22.7 Å². The molecule has 0 aliphatic heterocycles. The van der Waals surface area contributed by atoms with Crippen LogP contribution in [-0.2, 0) is 10.0 Å². The van der Waals surface area contributed by atoms with Gasteiger partial charge >= 0.3 is 0 Å². The zero-order valence-electron chi connectivity index (χ0n) is 12.6. The molecule has 9 heteroatoms. The highest BCUT2D eigenvalue weighted by atomic mass is 32.2. The van der Waals surface area contributed by atoms with E-state index in [9.17, 15) is 13.2 Å². The van der Waals surface area contributed by atoms with Gasteiger partial charge in [0.25, 0.3) is 5.91 Å². The lowest BCUT2D eigenvalue weighted by molar-refractivity contribution is 0.0994. The number of pyridine rings is 1. The zero-order valence-corrected chi connectivity index (χ0v) is 13.4. The predicted octanol–water partition coefficient (Wildman–Crippen LogP) is 1.19. The number of oxazole rings is 1. The maximum atomic E-state index is 12.0. The first-order valence-electron chi connectivity index (χ1n) is 6.36. The van der Waals surface area contributed by atoms with Gasteiger partial charge in [-0.05, 0) is 19.1 Å². The number of rotatable bonds is 4. The Bertz CT molecular complexity index is 794. The van der Waals surface area contributed by atoms with Gasteiger partial charge in [0.1, 0.15) is 10.7 Å². The summed E-state index contributed by atoms with van der Waals surface area (Å²) in [5.41, 5.74) is 0.474. The van der Waals surface area contributed by atoms with Gasteiger partial charge in [-0.3, -0.25) is 4.79 Å². The highest BCUT2D eigenvalue weighted by Gasteiger charge is 2.19. The molecule has 1 amide bonds. The summed E-state index contributed by atoms with van der Waals surface area (Å²) in [6.07, 6.45) is 1.18. The molecule has 0 saturated carbocycles. The van der Waals surface area contributed by atoms with Gasteiger partial charge in [-0.1, -0.05) is 0 Å². The molecule has 2 heterocycles. The molecule has 0 saturated heterocycles. The average Bonchev–Trinajstić information content (AvgIpc) is 2.78. The maximum absolute atomic E-state index is 12.0. The Morgan fingerprint density at radius 1 is 1.27 bits per heavy atom. The number of hydrogen-bond donors (Lipinski definition) is 1. The number of hydrogen-bond acceptors (Lipinski definition) is 6. The van der Waals surface area contributed by atoms with Crippen LogP contribution in [0.2, 0.25) is 0 Å². The monoisotopic (exact) mass is 324 g/mol. The largest absolute Gasteiger partial charge is 0.436 e. The Morgan fingerprint density at radius 3 is 2.41 bits per heavy atom. The molecular formula is C13H16N4O4S. The summed E-state index contributed by atoms with van der Waals surface area (Å²) in [5.74, 6) is 0.220. The summed E-state index contributed by atoms with van der Waals surface area (Å²) in [5, 5.41) is 2.53. The van der Waals surface area contributed by atoms with Crippen molar-refractivity contribution in [2.75, 3.05) is 19.4 Å². The molecule has 118 valence electrons. The van der Waals surface area contributed by atoms with Crippen LogP contribution < -0.4 is 5.32 Å². The van der Waals surface area contributed by atoms with Crippen LogP contribution in [0.15, 0.2) is 27.6 Å². The van der Waals surface area contributed by atoms with E-state index in [0.717, 1.165) is 4.31 Å². The second-order valence-corrected chi connectivity index (χ2v) is 6.92. The van der Waals surface area contributed by atoms with Gasteiger partial charge in [-0.2, -0.15) is 0 Å². The summed E-state index contributed by atoms with van der Waals surface area (Å²) in [6, 6.07) is 2.78. The number of anilines is 1. The van der Waals surface area contributed by atoms with Gasteiger partial charge in [-0.15, -0.1) is 0 Å². The lowest BCUT2D eigenvalue weighted by Gasteiger charge is -2.11. The fourth-order valence-corrected chi connectivity index (χ4v) is 2.58. The van der Waals surface area contributed by atoms with E-state index in [1.165, 1.54) is 32.4 Å². The van der Waals surface area contributed by atoms with Crippen molar-refractivity contribution in [3.8, 4) is 0 Å². The fourth-order valence-electron chi connectivity index (χ4n) is 1.73. The van der Waals surface area contributed by atoms with Crippen LogP contribution in [0.1, 0.15) is 22.1 Å². The molecule has 0 fully saturated rings. The Hall–Kier alpha value is -2.26. The van der Waals surface area contributed by atoms with Crippen molar-refractivity contribution in [2.45, 2.75) is 18.7 Å². The summed E-state index contributed by atoms with van der Waals surface area (Å²) in [4.78, 5) is 20.0. The molecule has 2 aromatic heterocycles. The van der Waals surface area contributed by atoms with E-state index in [-0.39, 0.29) is 16.5 Å². The van der Waals surface area contributed by atoms with E-state index < -0.39 is 15.9 Å². The lowest BCUT2D eigenvalue weighted by atomic mass is 10.3. The van der Waals surface area contributed by atoms with Crippen LogP contribution in [0.3, 0.4) is 0 Å². The zero-order chi connectivity index (χ0) is 16.5. The number of nitrogens with one attached hydrogen (secondary N) is 1. The summed E-state index contributed by atoms with van der Waals surface area (Å²) >= 11 is 0. The number of aromatic nitrogens is 2. The smallest absolute Gasteiger partial charge is 0.294 e. The molecule has 1 N–H and O–H groups in total. The highest BCUT2D eigenvalue weighted by molar-refractivity contribution is 7.89. The Labute approximate surface area is 128 Å². The number of carbonyl (C=O) groups excluding carboxylic acids is 1. The molecule has 0 aliphatic carbocycles. The molecule has 0 aromatic carbocycles. The summed E-state index contributed by atoms with van der Waals surface area (Å²) < 4.78 is 30.1. The molecule has 8 nitrogen and oxygen atoms in total. The third kappa shape index (κ3) is 3.15. The van der Waals surface area contributed by atoms with Crippen LogP contribution in [-0.4, -0.2) is 42.7 Å². The molecule has 2 rings (SSSR count). The van der Waals surface area contributed by atoms with E-state index >= 15 is 0 Å². The first-order chi connectivity index (χ1) is 10.2. The number of sulfonamides is 1. The normalized spacial score (nSPS) is 11.7. The lowest BCUT2D eigenvalue weighted by Crippen LogP contribution is -2.22. The topological polar surface area (TPSA) is 105 Å². The van der Waals surface area contributed by atoms with Crippen molar-refractivity contribution in [2.24, 2.45) is 0 Å². The first kappa shape index (κ1) is 16.1. The molecular weight excluding hydrogens is 308 g/mol. The van der Waals surface area contributed by atoms with Gasteiger partial charge in [0.2, 0.25) is 15.8 Å². The summed E-state index contributed by atoms with van der Waals surface area (Å²) in [6.45, 7) is 3.30. The molecule has 0 unspecified atom stereocenters. The molecule has 0 spiro atoms. The van der Waals surface area contributed by atoms with E-state index in [1.54, 1.807) is 13.8 Å². The summed E-state index contributed by atoms with van der Waals surface area (Å²) in [7, 11) is -0.687. The van der Waals surface area contributed by atoms with Crippen molar-refractivity contribution < 1.29 is 17.6 Å². The molecule has 22 heavy (non-hydrogen) atoms. The van der Waals surface area contributed by atoms with Crippen molar-refractivity contribution in [3.63, 3.8) is 0 Å². The van der Waals surface area contributed by atoms with Gasteiger partial charge in [0, 0.05) is 27.2 Å². The van der Waals surface area contributed by atoms with Crippen molar-refractivity contribution >= 4 is 21.7 Å². The third-order valence-electron chi connectivity index (χ3n) is 2.87. The van der Waals surface area contributed by atoms with Gasteiger partial charge in [0.15, 0.2) is 5.89 Å². The second kappa shape index (κ2) is 5.85. The van der Waals surface area contributed by atoms with Crippen LogP contribution >= 0.6 is 0 Å². The number of carbonyl (C=O) groups is 1. The SMILES string of the molecule is Cc1nc(C)c(C(=O)Nc2ccc(S(=O)(=O)N(C)C)cn2)o1. The second-order valence-electron chi connectivity index (χ2n) is 4.77. The first-order valence-corrected chi connectivity index (χ1v) is 7.80. The minimum atomic E-state index is -3.55. The van der Waals surface area contributed by atoms with E-state index in [4.69, 9.17) is 4.42 Å². The molecule has 2 aromatic rings. The number of nitrogens with zero attached hydrogens (tertiary/aromatic N) is 3. The molecule has 0 radical (unpaired) electrons. The average molecular weight is 324 g/mol. The van der Waals surface area contributed by atoms with Crippen molar-refractivity contribution in [1.82, 2.24) is 14.3 Å². The van der Waals surface area contributed by atoms with Gasteiger partial charge < -0.3 is 9.73 Å². The standard InChI is InChI=1S/C13H16N4O4S/c1-8-12(21-9(2)15-8)13(18)16-11-6-5-10(7-14-11)22(19,20)17(3)4/h5-7H,1-4H3,(H,14,16,18). The Balaban J connectivity index is 2.19. The van der Waals surface area contributed by atoms with Gasteiger partial charge in [0.05, 0.1) is 5.69 Å². The van der Waals surface area contributed by atoms with Crippen molar-refractivity contribution in [1.29, 1.82) is 0 Å². The number of amides is 1. The Morgan fingerprint density at radius 2 is 1.95 bits per heavy atom. The highest BCUT2D eigenvalue weighted by Crippen LogP contribution is 2.15. The van der Waals surface area contributed by atoms with E-state index in [0.29, 0.717) is 11.6 Å². The van der Waals surface area contributed by atoms with E-state index in [2.05, 4.69) is 15.3 Å².